The minimum atomic E-state index is -4.48. The second-order valence-corrected chi connectivity index (χ2v) is 12.9. The van der Waals surface area contributed by atoms with Crippen LogP contribution in [-0.4, -0.2) is 72.7 Å². The van der Waals surface area contributed by atoms with Crippen LogP contribution in [0.25, 0.3) is 0 Å². The highest BCUT2D eigenvalue weighted by Crippen LogP contribution is 2.38. The van der Waals surface area contributed by atoms with Gasteiger partial charge in [-0.2, -0.15) is 0 Å². The average Bonchev–Trinajstić information content (AvgIpc) is 3.05. The zero-order valence-corrected chi connectivity index (χ0v) is 29.0. The molecule has 3 rings (SSSR count). The molecule has 1 N–H and O–H groups in total. The molecule has 11 nitrogen and oxygen atoms in total. The summed E-state index contributed by atoms with van der Waals surface area (Å²) in [6.07, 6.45) is 1.62. The minimum absolute atomic E-state index is 0.0366. The molecule has 0 aliphatic heterocycles. The van der Waals surface area contributed by atoms with Gasteiger partial charge in [-0.05, 0) is 55.3 Å². The summed E-state index contributed by atoms with van der Waals surface area (Å²) in [5.41, 5.74) is 0.551. The third-order valence-electron chi connectivity index (χ3n) is 7.23. The summed E-state index contributed by atoms with van der Waals surface area (Å²) in [6.45, 7) is 3.18. The molecule has 0 aromatic heterocycles. The lowest BCUT2D eigenvalue weighted by Gasteiger charge is -2.32. The van der Waals surface area contributed by atoms with Gasteiger partial charge in [-0.25, -0.2) is 8.42 Å². The number of benzene rings is 3. The monoisotopic (exact) mass is 695 g/mol. The summed E-state index contributed by atoms with van der Waals surface area (Å²) < 4.78 is 51.2. The highest BCUT2D eigenvalue weighted by molar-refractivity contribution is 7.92. The van der Waals surface area contributed by atoms with Gasteiger partial charge >= 0.3 is 0 Å². The van der Waals surface area contributed by atoms with Crippen molar-refractivity contribution in [2.75, 3.05) is 45.8 Å². The lowest BCUT2D eigenvalue weighted by atomic mass is 10.1. The van der Waals surface area contributed by atoms with E-state index in [0.717, 1.165) is 17.1 Å². The molecule has 0 aliphatic carbocycles. The second-order valence-electron chi connectivity index (χ2n) is 10.1. The van der Waals surface area contributed by atoms with Gasteiger partial charge in [-0.15, -0.1) is 0 Å². The van der Waals surface area contributed by atoms with E-state index < -0.39 is 34.4 Å². The van der Waals surface area contributed by atoms with Crippen molar-refractivity contribution in [3.05, 3.63) is 70.2 Å². The van der Waals surface area contributed by atoms with Gasteiger partial charge in [-0.3, -0.25) is 13.9 Å². The zero-order chi connectivity index (χ0) is 34.0. The molecule has 14 heteroatoms. The number of nitrogens with one attached hydrogen (secondary N) is 1. The Kier molecular flexibility index (Phi) is 13.2. The van der Waals surface area contributed by atoms with Gasteiger partial charge in [-0.1, -0.05) is 42.6 Å². The SMILES string of the molecule is CCCCNC(=O)[C@H](C)N(Cc1ccc(Cl)cc1Cl)C(=O)CN(c1cc(OC)ccc1OC)S(=O)(=O)c1ccc(OC)c(OC)c1. The second kappa shape index (κ2) is 16.6. The van der Waals surface area contributed by atoms with Gasteiger partial charge in [0.25, 0.3) is 10.0 Å². The highest BCUT2D eigenvalue weighted by Gasteiger charge is 2.35. The number of hydrogen-bond donors (Lipinski definition) is 1. The van der Waals surface area contributed by atoms with Crippen molar-refractivity contribution in [2.24, 2.45) is 0 Å². The maximum Gasteiger partial charge on any atom is 0.265 e. The summed E-state index contributed by atoms with van der Waals surface area (Å²) >= 11 is 12.6. The number of sulfonamides is 1. The Morgan fingerprint density at radius 1 is 0.870 bits per heavy atom. The summed E-state index contributed by atoms with van der Waals surface area (Å²) in [5, 5.41) is 3.53. The number of methoxy groups -OCH3 is 4. The Bertz CT molecular complexity index is 1640. The predicted molar refractivity (Wildman–Crippen MR) is 178 cm³/mol. The average molecular weight is 697 g/mol. The Balaban J connectivity index is 2.16. The van der Waals surface area contributed by atoms with Gasteiger partial charge in [0, 0.05) is 35.3 Å². The standard InChI is InChI=1S/C32H39Cl2N3O8S/c1-7-8-15-35-32(39)21(2)36(19-22-9-10-23(33)16-26(22)34)31(38)20-37(27-17-24(42-3)11-13-28(27)43-4)46(40,41)25-12-14-29(44-5)30(18-25)45-6/h9-14,16-18,21H,7-8,15,19-20H2,1-6H3,(H,35,39)/t21-/m0/s1. The number of hydrogen-bond acceptors (Lipinski definition) is 8. The van der Waals surface area contributed by atoms with E-state index in [4.69, 9.17) is 42.1 Å². The van der Waals surface area contributed by atoms with Crippen LogP contribution in [0.5, 0.6) is 23.0 Å². The lowest BCUT2D eigenvalue weighted by molar-refractivity contribution is -0.139. The molecule has 0 heterocycles. The number of carbonyl (C=O) groups excluding carboxylic acids is 2. The lowest BCUT2D eigenvalue weighted by Crippen LogP contribution is -2.51. The van der Waals surface area contributed by atoms with Crippen LogP contribution in [0.2, 0.25) is 10.0 Å². The molecule has 3 aromatic rings. The quantitative estimate of drug-likeness (QED) is 0.193. The van der Waals surface area contributed by atoms with Gasteiger partial charge in [0.2, 0.25) is 11.8 Å². The van der Waals surface area contributed by atoms with Crippen molar-refractivity contribution in [2.45, 2.75) is 44.2 Å². The van der Waals surface area contributed by atoms with E-state index in [0.29, 0.717) is 28.6 Å². The molecule has 46 heavy (non-hydrogen) atoms. The molecule has 2 amide bonds. The smallest absolute Gasteiger partial charge is 0.265 e. The number of halogens is 2. The van der Waals surface area contributed by atoms with E-state index in [1.54, 1.807) is 25.1 Å². The molecular formula is C32H39Cl2N3O8S. The zero-order valence-electron chi connectivity index (χ0n) is 26.6. The van der Waals surface area contributed by atoms with Gasteiger partial charge in [0.1, 0.15) is 24.1 Å². The van der Waals surface area contributed by atoms with Crippen LogP contribution in [0.3, 0.4) is 0 Å². The van der Waals surface area contributed by atoms with Crippen LogP contribution in [0, 0.1) is 0 Å². The number of rotatable bonds is 16. The Labute approximate surface area is 280 Å². The molecule has 250 valence electrons. The van der Waals surface area contributed by atoms with E-state index in [1.807, 2.05) is 6.92 Å². The van der Waals surface area contributed by atoms with Crippen LogP contribution in [-0.2, 0) is 26.2 Å². The van der Waals surface area contributed by atoms with Gasteiger partial charge in [0.15, 0.2) is 11.5 Å². The van der Waals surface area contributed by atoms with Crippen LogP contribution in [0.1, 0.15) is 32.3 Å². The molecule has 3 aromatic carbocycles. The van der Waals surface area contributed by atoms with Crippen molar-refractivity contribution in [3.8, 4) is 23.0 Å². The topological polar surface area (TPSA) is 124 Å². The Morgan fingerprint density at radius 2 is 1.54 bits per heavy atom. The maximum atomic E-state index is 14.4. The Hall–Kier alpha value is -3.87. The molecular weight excluding hydrogens is 657 g/mol. The number of nitrogens with zero attached hydrogens (tertiary/aromatic N) is 2. The molecule has 1 atom stereocenters. The fraction of sp³-hybridized carbons (Fsp3) is 0.375. The number of carbonyl (C=O) groups is 2. The van der Waals surface area contributed by atoms with Crippen molar-refractivity contribution in [1.29, 1.82) is 0 Å². The minimum Gasteiger partial charge on any atom is -0.497 e. The van der Waals surface area contributed by atoms with E-state index in [1.165, 1.54) is 69.7 Å². The fourth-order valence-electron chi connectivity index (χ4n) is 4.56. The van der Waals surface area contributed by atoms with E-state index in [9.17, 15) is 18.0 Å². The summed E-state index contributed by atoms with van der Waals surface area (Å²) in [6, 6.07) is 12.5. The molecule has 0 aliphatic rings. The molecule has 0 unspecified atom stereocenters. The molecule has 0 bridgehead atoms. The maximum absolute atomic E-state index is 14.4. The molecule has 0 saturated carbocycles. The van der Waals surface area contributed by atoms with Crippen molar-refractivity contribution < 1.29 is 37.0 Å². The van der Waals surface area contributed by atoms with Crippen molar-refractivity contribution in [1.82, 2.24) is 10.2 Å². The molecule has 0 fully saturated rings. The van der Waals surface area contributed by atoms with Crippen molar-refractivity contribution >= 4 is 50.7 Å². The fourth-order valence-corrected chi connectivity index (χ4v) is 6.46. The molecule has 0 saturated heterocycles. The first-order chi connectivity index (χ1) is 21.9. The number of amides is 2. The van der Waals surface area contributed by atoms with Crippen LogP contribution in [0.15, 0.2) is 59.5 Å². The Morgan fingerprint density at radius 3 is 2.15 bits per heavy atom. The van der Waals surface area contributed by atoms with E-state index >= 15 is 0 Å². The first-order valence-corrected chi connectivity index (χ1v) is 16.6. The van der Waals surface area contributed by atoms with Crippen LogP contribution >= 0.6 is 23.2 Å². The highest BCUT2D eigenvalue weighted by atomic mass is 35.5. The molecule has 0 radical (unpaired) electrons. The first kappa shape index (κ1) is 36.6. The normalized spacial score (nSPS) is 11.7. The number of unbranched alkanes of at least 4 members (excludes halogenated alkanes) is 1. The number of ether oxygens (including phenoxy) is 4. The van der Waals surface area contributed by atoms with Crippen LogP contribution < -0.4 is 28.6 Å². The third kappa shape index (κ3) is 8.68. The van der Waals surface area contributed by atoms with Gasteiger partial charge in [0.05, 0.1) is 39.0 Å². The van der Waals surface area contributed by atoms with E-state index in [-0.39, 0.29) is 33.6 Å². The largest absolute Gasteiger partial charge is 0.497 e. The summed E-state index contributed by atoms with van der Waals surface area (Å²) in [4.78, 5) is 28.6. The van der Waals surface area contributed by atoms with E-state index in [2.05, 4.69) is 5.32 Å². The van der Waals surface area contributed by atoms with Crippen molar-refractivity contribution in [3.63, 3.8) is 0 Å². The number of anilines is 1. The predicted octanol–water partition coefficient (Wildman–Crippen LogP) is 5.56. The summed E-state index contributed by atoms with van der Waals surface area (Å²) in [5.74, 6) is -0.112. The first-order valence-electron chi connectivity index (χ1n) is 14.4. The third-order valence-corrected chi connectivity index (χ3v) is 9.57. The molecule has 0 spiro atoms. The summed E-state index contributed by atoms with van der Waals surface area (Å²) in [7, 11) is 1.15. The van der Waals surface area contributed by atoms with Crippen LogP contribution in [0.4, 0.5) is 5.69 Å². The van der Waals surface area contributed by atoms with Gasteiger partial charge < -0.3 is 29.2 Å².